The summed E-state index contributed by atoms with van der Waals surface area (Å²) in [5.74, 6) is 0.647. The molecule has 1 aromatic rings. The number of hydrogen-bond acceptors (Lipinski definition) is 3. The van der Waals surface area contributed by atoms with Gasteiger partial charge in [0.15, 0.2) is 0 Å². The van der Waals surface area contributed by atoms with Crippen LogP contribution in [0.4, 0.5) is 0 Å². The molecule has 1 amide bonds. The molecule has 0 aliphatic heterocycles. The molecule has 5 nitrogen and oxygen atoms in total. The Labute approximate surface area is 98.8 Å². The number of nitrogens with one attached hydrogen (secondary N) is 2. The number of hydrogen-bond donors (Lipinski definition) is 3. The largest absolute Gasteiger partial charge is 0.392 e. The first kappa shape index (κ1) is 11.1. The van der Waals surface area contributed by atoms with Crippen LogP contribution in [0.5, 0.6) is 0 Å². The minimum absolute atomic E-state index is 0.0809. The summed E-state index contributed by atoms with van der Waals surface area (Å²) in [6.07, 6.45) is 5.88. The quantitative estimate of drug-likeness (QED) is 0.666. The Kier molecular flexibility index (Phi) is 2.91. The summed E-state index contributed by atoms with van der Waals surface area (Å²) >= 11 is 4.96. The van der Waals surface area contributed by atoms with Gasteiger partial charge in [0.25, 0.3) is 0 Å². The predicted molar refractivity (Wildman–Crippen MR) is 63.5 cm³/mol. The van der Waals surface area contributed by atoms with Crippen LogP contribution >= 0.6 is 12.2 Å². The van der Waals surface area contributed by atoms with Gasteiger partial charge in [-0.1, -0.05) is 18.6 Å². The summed E-state index contributed by atoms with van der Waals surface area (Å²) in [6, 6.07) is 0. The smallest absolute Gasteiger partial charge is 0.233 e. The van der Waals surface area contributed by atoms with Gasteiger partial charge >= 0.3 is 0 Å². The fraction of sp³-hybridized carbons (Fsp3) is 0.500. The van der Waals surface area contributed by atoms with E-state index in [1.165, 1.54) is 0 Å². The van der Waals surface area contributed by atoms with Crippen molar-refractivity contribution >= 4 is 23.1 Å². The number of H-pyrrole nitrogens is 1. The number of aromatic amines is 1. The number of carbonyl (C=O) groups excluding carboxylic acids is 1. The maximum Gasteiger partial charge on any atom is 0.233 e. The molecule has 0 saturated heterocycles. The van der Waals surface area contributed by atoms with Crippen molar-refractivity contribution in [3.05, 3.63) is 18.2 Å². The zero-order chi connectivity index (χ0) is 11.6. The number of imidazole rings is 1. The number of aromatic nitrogens is 2. The molecular formula is C10H14N4OS. The average molecular weight is 238 g/mol. The van der Waals surface area contributed by atoms with E-state index in [-0.39, 0.29) is 5.91 Å². The van der Waals surface area contributed by atoms with E-state index in [0.29, 0.717) is 11.5 Å². The zero-order valence-corrected chi connectivity index (χ0v) is 9.64. The van der Waals surface area contributed by atoms with Gasteiger partial charge in [0.1, 0.15) is 5.82 Å². The summed E-state index contributed by atoms with van der Waals surface area (Å²) in [7, 11) is 0. The molecule has 1 heterocycles. The molecule has 0 aromatic carbocycles. The van der Waals surface area contributed by atoms with Crippen molar-refractivity contribution in [3.8, 4) is 0 Å². The minimum Gasteiger partial charge on any atom is -0.392 e. The second kappa shape index (κ2) is 4.21. The standard InChI is InChI=1S/C10H14N4OS/c11-8(16)10(2-1-3-10)9(15)14-6-7-12-4-5-13-7/h4-5H,1-3,6H2,(H2,11,16)(H,12,13)(H,14,15). The van der Waals surface area contributed by atoms with Gasteiger partial charge in [-0.2, -0.15) is 0 Å². The number of nitrogens with zero attached hydrogens (tertiary/aromatic N) is 1. The molecule has 1 aliphatic rings. The van der Waals surface area contributed by atoms with Crippen molar-refractivity contribution in [2.75, 3.05) is 0 Å². The number of nitrogens with two attached hydrogens (primary N) is 1. The third-order valence-electron chi connectivity index (χ3n) is 3.08. The molecule has 0 radical (unpaired) electrons. The molecule has 0 atom stereocenters. The van der Waals surface area contributed by atoms with Gasteiger partial charge < -0.3 is 16.0 Å². The summed E-state index contributed by atoms with van der Waals surface area (Å²) in [5, 5.41) is 2.81. The third kappa shape index (κ3) is 1.80. The fourth-order valence-corrected chi connectivity index (χ4v) is 2.14. The molecular weight excluding hydrogens is 224 g/mol. The molecule has 4 N–H and O–H groups in total. The van der Waals surface area contributed by atoms with Gasteiger partial charge in [0.2, 0.25) is 5.91 Å². The first-order chi connectivity index (χ1) is 7.65. The van der Waals surface area contributed by atoms with Gasteiger partial charge in [0.05, 0.1) is 16.9 Å². The highest BCUT2D eigenvalue weighted by molar-refractivity contribution is 7.80. The Morgan fingerprint density at radius 1 is 1.69 bits per heavy atom. The van der Waals surface area contributed by atoms with E-state index < -0.39 is 5.41 Å². The van der Waals surface area contributed by atoms with Crippen LogP contribution in [-0.4, -0.2) is 20.9 Å². The van der Waals surface area contributed by atoms with E-state index in [2.05, 4.69) is 15.3 Å². The SMILES string of the molecule is NC(=S)C1(C(=O)NCc2ncc[nH]2)CCC1. The highest BCUT2D eigenvalue weighted by atomic mass is 32.1. The van der Waals surface area contributed by atoms with Crippen LogP contribution < -0.4 is 11.1 Å². The molecule has 2 rings (SSSR count). The summed E-state index contributed by atoms with van der Waals surface area (Å²) < 4.78 is 0. The van der Waals surface area contributed by atoms with E-state index in [4.69, 9.17) is 18.0 Å². The molecule has 1 fully saturated rings. The second-order valence-corrected chi connectivity index (χ2v) is 4.46. The molecule has 0 spiro atoms. The maximum absolute atomic E-state index is 12.0. The van der Waals surface area contributed by atoms with Crippen molar-refractivity contribution in [2.24, 2.45) is 11.1 Å². The van der Waals surface area contributed by atoms with Gasteiger partial charge in [-0.25, -0.2) is 4.98 Å². The van der Waals surface area contributed by atoms with E-state index in [9.17, 15) is 4.79 Å². The Balaban J connectivity index is 1.95. The average Bonchev–Trinajstić information content (AvgIpc) is 2.64. The molecule has 1 aliphatic carbocycles. The summed E-state index contributed by atoms with van der Waals surface area (Å²) in [4.78, 5) is 19.2. The molecule has 16 heavy (non-hydrogen) atoms. The Hall–Kier alpha value is -1.43. The fourth-order valence-electron chi connectivity index (χ4n) is 1.84. The van der Waals surface area contributed by atoms with Crippen LogP contribution in [0, 0.1) is 5.41 Å². The first-order valence-electron chi connectivity index (χ1n) is 5.21. The van der Waals surface area contributed by atoms with Crippen molar-refractivity contribution in [1.29, 1.82) is 0 Å². The zero-order valence-electron chi connectivity index (χ0n) is 8.82. The minimum atomic E-state index is -0.609. The van der Waals surface area contributed by atoms with Gasteiger partial charge in [0, 0.05) is 12.4 Å². The van der Waals surface area contributed by atoms with Crippen LogP contribution in [0.1, 0.15) is 25.1 Å². The second-order valence-electron chi connectivity index (χ2n) is 4.02. The molecule has 86 valence electrons. The van der Waals surface area contributed by atoms with Crippen molar-refractivity contribution in [1.82, 2.24) is 15.3 Å². The van der Waals surface area contributed by atoms with Crippen molar-refractivity contribution in [3.63, 3.8) is 0 Å². The Morgan fingerprint density at radius 2 is 2.44 bits per heavy atom. The van der Waals surface area contributed by atoms with Crippen molar-refractivity contribution in [2.45, 2.75) is 25.8 Å². The monoisotopic (exact) mass is 238 g/mol. The lowest BCUT2D eigenvalue weighted by atomic mass is 9.68. The molecule has 1 saturated carbocycles. The van der Waals surface area contributed by atoms with Gasteiger partial charge in [-0.05, 0) is 12.8 Å². The number of amides is 1. The Morgan fingerprint density at radius 3 is 2.88 bits per heavy atom. The van der Waals surface area contributed by atoms with E-state index in [0.717, 1.165) is 25.1 Å². The van der Waals surface area contributed by atoms with Crippen LogP contribution in [0.25, 0.3) is 0 Å². The summed E-state index contributed by atoms with van der Waals surface area (Å²) in [5.41, 5.74) is 5.02. The van der Waals surface area contributed by atoms with Crippen LogP contribution in [0.15, 0.2) is 12.4 Å². The van der Waals surface area contributed by atoms with Crippen LogP contribution in [0.3, 0.4) is 0 Å². The lowest BCUT2D eigenvalue weighted by Gasteiger charge is -2.38. The van der Waals surface area contributed by atoms with Gasteiger partial charge in [-0.15, -0.1) is 0 Å². The van der Waals surface area contributed by atoms with E-state index in [1.807, 2.05) is 0 Å². The molecule has 0 unspecified atom stereocenters. The lowest BCUT2D eigenvalue weighted by molar-refractivity contribution is -0.131. The van der Waals surface area contributed by atoms with E-state index in [1.54, 1.807) is 12.4 Å². The number of thiocarbonyl (C=S) groups is 1. The normalized spacial score (nSPS) is 17.5. The lowest BCUT2D eigenvalue weighted by Crippen LogP contribution is -2.52. The highest BCUT2D eigenvalue weighted by Gasteiger charge is 2.46. The van der Waals surface area contributed by atoms with E-state index >= 15 is 0 Å². The van der Waals surface area contributed by atoms with Crippen molar-refractivity contribution < 1.29 is 4.79 Å². The molecule has 0 bridgehead atoms. The van der Waals surface area contributed by atoms with Crippen LogP contribution in [-0.2, 0) is 11.3 Å². The molecule has 1 aromatic heterocycles. The first-order valence-corrected chi connectivity index (χ1v) is 5.62. The number of carbonyl (C=O) groups is 1. The maximum atomic E-state index is 12.0. The third-order valence-corrected chi connectivity index (χ3v) is 3.48. The Bertz CT molecular complexity index is 397. The predicted octanol–water partition coefficient (Wildman–Crippen LogP) is 0.482. The highest BCUT2D eigenvalue weighted by Crippen LogP contribution is 2.41. The van der Waals surface area contributed by atoms with Gasteiger partial charge in [-0.3, -0.25) is 4.79 Å². The topological polar surface area (TPSA) is 83.8 Å². The summed E-state index contributed by atoms with van der Waals surface area (Å²) in [6.45, 7) is 0.385. The molecule has 6 heteroatoms. The number of rotatable bonds is 4. The van der Waals surface area contributed by atoms with Crippen LogP contribution in [0.2, 0.25) is 0 Å².